The van der Waals surface area contributed by atoms with Crippen LogP contribution in [0, 0.1) is 14.9 Å². The van der Waals surface area contributed by atoms with E-state index in [1.54, 1.807) is 17.3 Å². The standard InChI is InChI=1S/2CH3.ClH.Ru.H/h2*1H3;1H;;/q2*-1;;+3;/p-1. The molecule has 0 saturated carbocycles. The van der Waals surface area contributed by atoms with E-state index in [4.69, 9.17) is 0 Å². The van der Waals surface area contributed by atoms with E-state index in [-0.39, 0.29) is 14.9 Å². The Kier molecular flexibility index (Phi) is 205. The molecule has 0 spiro atoms. The van der Waals surface area contributed by atoms with E-state index in [0.717, 1.165) is 0 Å². The summed E-state index contributed by atoms with van der Waals surface area (Å²) in [7, 11) is 4.61. The summed E-state index contributed by atoms with van der Waals surface area (Å²) in [6.45, 7) is 0. The predicted molar refractivity (Wildman–Crippen MR) is 20.1 cm³/mol. The van der Waals surface area contributed by atoms with Gasteiger partial charge in [-0.05, 0) is 0 Å². The van der Waals surface area contributed by atoms with E-state index in [2.05, 4.69) is 9.69 Å². The second kappa shape index (κ2) is 39.8. The molecule has 0 rings (SSSR count). The third kappa shape index (κ3) is 12.8. The Bertz CT molecular complexity index is 6.00. The van der Waals surface area contributed by atoms with E-state index in [1.165, 1.54) is 0 Å². The van der Waals surface area contributed by atoms with Crippen molar-refractivity contribution < 1.29 is 17.3 Å². The van der Waals surface area contributed by atoms with Crippen LogP contribution in [0.5, 0.6) is 0 Å². The Balaban J connectivity index is -0.00000000500. The summed E-state index contributed by atoms with van der Waals surface area (Å²) < 4.78 is 0. The van der Waals surface area contributed by atoms with E-state index < -0.39 is 0 Å². The Labute approximate surface area is 42.3 Å². The molecule has 0 nitrogen and oxygen atoms in total. The van der Waals surface area contributed by atoms with Gasteiger partial charge in [-0.25, -0.2) is 0 Å². The molecule has 0 unspecified atom stereocenters. The molecule has 0 bridgehead atoms. The summed E-state index contributed by atoms with van der Waals surface area (Å²) in [5.74, 6) is 0. The van der Waals surface area contributed by atoms with Crippen LogP contribution in [-0.4, -0.2) is 0 Å². The maximum atomic E-state index is 4.61. The van der Waals surface area contributed by atoms with Gasteiger partial charge in [0.25, 0.3) is 0 Å². The number of hydrogen-bond donors (Lipinski definition) is 0. The minimum absolute atomic E-state index is 0. The molecule has 0 N–H and O–H groups in total. The van der Waals surface area contributed by atoms with Crippen LogP contribution in [0.15, 0.2) is 0 Å². The molecule has 0 heterocycles. The number of rotatable bonds is 0. The third-order valence-electron chi connectivity index (χ3n) is 0. The van der Waals surface area contributed by atoms with Crippen molar-refractivity contribution in [3.63, 3.8) is 0 Å². The molecule has 4 heavy (non-hydrogen) atoms. The van der Waals surface area contributed by atoms with E-state index in [9.17, 15) is 0 Å². The van der Waals surface area contributed by atoms with E-state index in [0.29, 0.717) is 0 Å². The van der Waals surface area contributed by atoms with Gasteiger partial charge in [-0.2, -0.15) is 0 Å². The summed E-state index contributed by atoms with van der Waals surface area (Å²) in [6.07, 6.45) is 0. The van der Waals surface area contributed by atoms with Crippen molar-refractivity contribution in [3.8, 4) is 0 Å². The molecule has 0 aliphatic rings. The molecule has 0 amide bonds. The second-order valence-electron chi connectivity index (χ2n) is 0. The monoisotopic (exact) mass is 168 g/mol. The van der Waals surface area contributed by atoms with Crippen LogP contribution in [-0.2, 0) is 17.3 Å². The van der Waals surface area contributed by atoms with Gasteiger partial charge in [-0.15, -0.1) is 0 Å². The van der Waals surface area contributed by atoms with Gasteiger partial charge in [-0.1, -0.05) is 0 Å². The van der Waals surface area contributed by atoms with Crippen molar-refractivity contribution >= 4 is 9.69 Å². The molecule has 0 aromatic carbocycles. The van der Waals surface area contributed by atoms with Crippen LogP contribution < -0.4 is 0 Å². The molecular weight excluding hydrogens is 161 g/mol. The molecule has 0 atom stereocenters. The minimum atomic E-state index is 0. The van der Waals surface area contributed by atoms with Crippen LogP contribution in [0.25, 0.3) is 0 Å². The summed E-state index contributed by atoms with van der Waals surface area (Å²) in [5, 5.41) is 0. The van der Waals surface area contributed by atoms with Gasteiger partial charge >= 0.3 is 27.0 Å². The molecule has 0 fully saturated rings. The first-order valence-corrected chi connectivity index (χ1v) is 2.54. The fourth-order valence-corrected chi connectivity index (χ4v) is 0. The quantitative estimate of drug-likeness (QED) is 0.377. The van der Waals surface area contributed by atoms with Gasteiger partial charge < -0.3 is 14.9 Å². The van der Waals surface area contributed by atoms with Crippen LogP contribution in [0.4, 0.5) is 0 Å². The topological polar surface area (TPSA) is 0 Å². The SMILES string of the molecule is [CH3-].[CH3-].[Cl][RuH+2]. The molecule has 0 aromatic rings. The van der Waals surface area contributed by atoms with Crippen LogP contribution in [0.2, 0.25) is 0 Å². The van der Waals surface area contributed by atoms with Gasteiger partial charge in [0, 0.05) is 0 Å². The second-order valence-corrected chi connectivity index (χ2v) is 0. The zero-order chi connectivity index (χ0) is 2.00. The van der Waals surface area contributed by atoms with Crippen LogP contribution in [0.3, 0.4) is 0 Å². The summed E-state index contributed by atoms with van der Waals surface area (Å²) in [4.78, 5) is 0. The van der Waals surface area contributed by atoms with Gasteiger partial charge in [0.15, 0.2) is 0 Å². The van der Waals surface area contributed by atoms with Crippen LogP contribution >= 0.6 is 9.69 Å². The fraction of sp³-hybridized carbons (Fsp3) is 0. The zero-order valence-corrected chi connectivity index (χ0v) is 5.37. The number of halogens is 1. The van der Waals surface area contributed by atoms with Gasteiger partial charge in [0.1, 0.15) is 0 Å². The Morgan fingerprint density at radius 3 is 1.00 bits per heavy atom. The normalized spacial score (nSPS) is 1.50. The van der Waals surface area contributed by atoms with Gasteiger partial charge in [-0.3, -0.25) is 0 Å². The molecule has 0 aliphatic carbocycles. The van der Waals surface area contributed by atoms with Crippen molar-refractivity contribution in [2.75, 3.05) is 0 Å². The Hall–Kier alpha value is 0.913. The average molecular weight is 168 g/mol. The first-order chi connectivity index (χ1) is 1.00. The van der Waals surface area contributed by atoms with Crippen molar-refractivity contribution in [1.29, 1.82) is 0 Å². The van der Waals surface area contributed by atoms with Crippen molar-refractivity contribution in [3.05, 3.63) is 14.9 Å². The summed E-state index contributed by atoms with van der Waals surface area (Å²) >= 11 is 1.62. The summed E-state index contributed by atoms with van der Waals surface area (Å²) in [5.41, 5.74) is 0. The van der Waals surface area contributed by atoms with E-state index >= 15 is 0 Å². The molecule has 2 heteroatoms. The predicted octanol–water partition coefficient (Wildman–Crippen LogP) is 1.32. The molecule has 0 saturated heterocycles. The molecule has 0 aliphatic heterocycles. The van der Waals surface area contributed by atoms with Gasteiger partial charge in [0.2, 0.25) is 0 Å². The fourth-order valence-electron chi connectivity index (χ4n) is 0. The van der Waals surface area contributed by atoms with Crippen molar-refractivity contribution in [2.24, 2.45) is 0 Å². The van der Waals surface area contributed by atoms with Crippen molar-refractivity contribution in [2.45, 2.75) is 0 Å². The zero-order valence-electron chi connectivity index (χ0n) is 2.76. The molecule has 0 aromatic heterocycles. The number of hydrogen-bond acceptors (Lipinski definition) is 0. The third-order valence-corrected chi connectivity index (χ3v) is 0. The average Bonchev–Trinajstić information content (AvgIpc) is 1.00. The van der Waals surface area contributed by atoms with Gasteiger partial charge in [0.05, 0.1) is 0 Å². The summed E-state index contributed by atoms with van der Waals surface area (Å²) in [6, 6.07) is 0. The molecule has 0 radical (unpaired) electrons. The first kappa shape index (κ1) is 20.6. The van der Waals surface area contributed by atoms with Crippen molar-refractivity contribution in [1.82, 2.24) is 0 Å². The van der Waals surface area contributed by atoms with E-state index in [1.807, 2.05) is 0 Å². The Morgan fingerprint density at radius 2 is 1.00 bits per heavy atom. The van der Waals surface area contributed by atoms with Crippen LogP contribution in [0.1, 0.15) is 0 Å². The molecular formula is C2H7ClRu. The Morgan fingerprint density at radius 1 is 1.00 bits per heavy atom. The molecule has 30 valence electrons. The maximum absolute atomic E-state index is 4.61. The first-order valence-electron chi connectivity index (χ1n) is 0.143.